The van der Waals surface area contributed by atoms with Crippen LogP contribution in [0.5, 0.6) is 0 Å². The van der Waals surface area contributed by atoms with Gasteiger partial charge in [0.1, 0.15) is 0 Å². The van der Waals surface area contributed by atoms with Gasteiger partial charge in [0.15, 0.2) is 0 Å². The Hall–Kier alpha value is -2.55. The third-order valence-electron chi connectivity index (χ3n) is 4.58. The highest BCUT2D eigenvalue weighted by atomic mass is 14.9. The van der Waals surface area contributed by atoms with Crippen LogP contribution in [0.1, 0.15) is 62.0 Å². The first-order chi connectivity index (χ1) is 12.5. The van der Waals surface area contributed by atoms with Gasteiger partial charge in [-0.25, -0.2) is 4.98 Å². The summed E-state index contributed by atoms with van der Waals surface area (Å²) in [4.78, 5) is 8.54. The average Bonchev–Trinajstić information content (AvgIpc) is 3.07. The summed E-state index contributed by atoms with van der Waals surface area (Å²) >= 11 is 0. The standard InChI is InChI=1S/C23H27BN2/c1-16(2)21-22(17(3)4)26-23(25-21)24-20(19-13-9-6-10-14-19)15-18-11-7-5-8-12-18/h5-17,24H,1-4H3,(H,25,26). The zero-order valence-electron chi connectivity index (χ0n) is 16.2. The largest absolute Gasteiger partial charge is 0.354 e. The van der Waals surface area contributed by atoms with Crippen LogP contribution in [0.4, 0.5) is 0 Å². The zero-order chi connectivity index (χ0) is 18.5. The van der Waals surface area contributed by atoms with Crippen LogP contribution in [0.25, 0.3) is 11.5 Å². The minimum Gasteiger partial charge on any atom is -0.354 e. The van der Waals surface area contributed by atoms with Crippen molar-refractivity contribution in [2.45, 2.75) is 39.5 Å². The van der Waals surface area contributed by atoms with Crippen LogP contribution in [0.15, 0.2) is 60.7 Å². The first-order valence-corrected chi connectivity index (χ1v) is 9.44. The maximum atomic E-state index is 4.94. The summed E-state index contributed by atoms with van der Waals surface area (Å²) in [6.45, 7) is 8.87. The number of hydrogen-bond acceptors (Lipinski definition) is 1. The topological polar surface area (TPSA) is 28.7 Å². The molecule has 132 valence electrons. The molecule has 0 aliphatic rings. The van der Waals surface area contributed by atoms with Crippen molar-refractivity contribution in [3.63, 3.8) is 0 Å². The Morgan fingerprint density at radius 2 is 1.50 bits per heavy atom. The number of benzene rings is 2. The Balaban J connectivity index is 1.99. The molecule has 3 aromatic rings. The summed E-state index contributed by atoms with van der Waals surface area (Å²) in [6, 6.07) is 21.1. The van der Waals surface area contributed by atoms with Gasteiger partial charge < -0.3 is 4.98 Å². The molecule has 2 aromatic carbocycles. The molecule has 3 heteroatoms. The fourth-order valence-corrected chi connectivity index (χ4v) is 3.24. The quantitative estimate of drug-likeness (QED) is 0.500. The Morgan fingerprint density at radius 1 is 0.885 bits per heavy atom. The molecule has 0 saturated carbocycles. The summed E-state index contributed by atoms with van der Waals surface area (Å²) < 4.78 is 0. The highest BCUT2D eigenvalue weighted by Gasteiger charge is 2.17. The normalized spacial score (nSPS) is 12.0. The third-order valence-corrected chi connectivity index (χ3v) is 4.58. The smallest absolute Gasteiger partial charge is 0.238 e. The van der Waals surface area contributed by atoms with E-state index in [-0.39, 0.29) is 0 Å². The van der Waals surface area contributed by atoms with E-state index >= 15 is 0 Å². The Kier molecular flexibility index (Phi) is 5.77. The van der Waals surface area contributed by atoms with Crippen LogP contribution in [-0.2, 0) is 0 Å². The zero-order valence-corrected chi connectivity index (χ0v) is 16.2. The number of H-pyrrole nitrogens is 1. The van der Waals surface area contributed by atoms with Crippen LogP contribution >= 0.6 is 0 Å². The molecule has 0 fully saturated rings. The van der Waals surface area contributed by atoms with Crippen molar-refractivity contribution in [3.05, 3.63) is 83.2 Å². The molecule has 0 bridgehead atoms. The van der Waals surface area contributed by atoms with Gasteiger partial charge in [0.25, 0.3) is 0 Å². The fraction of sp³-hybridized carbons (Fsp3) is 0.261. The van der Waals surface area contributed by atoms with Crippen LogP contribution in [0.2, 0.25) is 0 Å². The summed E-state index contributed by atoms with van der Waals surface area (Å²) in [7, 11) is 0.797. The minimum absolute atomic E-state index is 0.427. The SMILES string of the molecule is CC(C)c1nc(BC(=Cc2ccccc2)c2ccccc2)[nH]c1C(C)C. The molecular formula is C23H27BN2. The maximum absolute atomic E-state index is 4.94. The maximum Gasteiger partial charge on any atom is 0.238 e. The van der Waals surface area contributed by atoms with E-state index in [0.29, 0.717) is 11.8 Å². The lowest BCUT2D eigenvalue weighted by Crippen LogP contribution is -2.20. The van der Waals surface area contributed by atoms with Gasteiger partial charge in [0.05, 0.1) is 11.4 Å². The van der Waals surface area contributed by atoms with Crippen LogP contribution in [0, 0.1) is 0 Å². The van der Waals surface area contributed by atoms with Gasteiger partial charge >= 0.3 is 0 Å². The lowest BCUT2D eigenvalue weighted by molar-refractivity contribution is 0.759. The molecule has 0 unspecified atom stereocenters. The highest BCUT2D eigenvalue weighted by molar-refractivity contribution is 6.73. The molecular weight excluding hydrogens is 315 g/mol. The lowest BCUT2D eigenvalue weighted by Gasteiger charge is -2.07. The molecule has 0 amide bonds. The summed E-state index contributed by atoms with van der Waals surface area (Å²) in [5.41, 5.74) is 7.24. The number of rotatable bonds is 6. The summed E-state index contributed by atoms with van der Waals surface area (Å²) in [5.74, 6) is 0.877. The molecule has 0 radical (unpaired) electrons. The lowest BCUT2D eigenvalue weighted by atomic mass is 9.65. The molecule has 1 N–H and O–H groups in total. The monoisotopic (exact) mass is 342 g/mol. The number of nitrogens with one attached hydrogen (secondary N) is 1. The minimum atomic E-state index is 0.427. The number of imidazole rings is 1. The van der Waals surface area contributed by atoms with Gasteiger partial charge in [-0.15, -0.1) is 0 Å². The van der Waals surface area contributed by atoms with E-state index in [2.05, 4.69) is 99.4 Å². The highest BCUT2D eigenvalue weighted by Crippen LogP contribution is 2.22. The van der Waals surface area contributed by atoms with Gasteiger partial charge in [0.2, 0.25) is 7.28 Å². The predicted octanol–water partition coefficient (Wildman–Crippen LogP) is 4.92. The molecule has 0 aliphatic heterocycles. The van der Waals surface area contributed by atoms with E-state index < -0.39 is 0 Å². The van der Waals surface area contributed by atoms with Gasteiger partial charge in [-0.3, -0.25) is 0 Å². The van der Waals surface area contributed by atoms with Crippen molar-refractivity contribution < 1.29 is 0 Å². The molecule has 26 heavy (non-hydrogen) atoms. The molecule has 1 aromatic heterocycles. The second-order valence-electron chi connectivity index (χ2n) is 7.41. The van der Waals surface area contributed by atoms with Crippen LogP contribution in [0.3, 0.4) is 0 Å². The Bertz CT molecular complexity index is 836. The van der Waals surface area contributed by atoms with E-state index in [1.165, 1.54) is 28.0 Å². The van der Waals surface area contributed by atoms with Crippen molar-refractivity contribution >= 4 is 24.6 Å². The predicted molar refractivity (Wildman–Crippen MR) is 114 cm³/mol. The van der Waals surface area contributed by atoms with Crippen molar-refractivity contribution in [2.24, 2.45) is 0 Å². The molecule has 2 nitrogen and oxygen atoms in total. The van der Waals surface area contributed by atoms with Gasteiger partial charge in [0, 0.05) is 5.69 Å². The van der Waals surface area contributed by atoms with Crippen molar-refractivity contribution in [2.75, 3.05) is 0 Å². The molecule has 0 saturated heterocycles. The number of aromatic nitrogens is 2. The number of hydrogen-bond donors (Lipinski definition) is 1. The van der Waals surface area contributed by atoms with E-state index in [1.807, 2.05) is 0 Å². The average molecular weight is 342 g/mol. The van der Waals surface area contributed by atoms with E-state index in [9.17, 15) is 0 Å². The summed E-state index contributed by atoms with van der Waals surface area (Å²) in [6.07, 6.45) is 2.27. The Labute approximate surface area is 157 Å². The number of nitrogens with zero attached hydrogens (tertiary/aromatic N) is 1. The number of aromatic amines is 1. The second kappa shape index (κ2) is 8.22. The van der Waals surface area contributed by atoms with Crippen molar-refractivity contribution in [3.8, 4) is 0 Å². The van der Waals surface area contributed by atoms with E-state index in [1.54, 1.807) is 0 Å². The third kappa shape index (κ3) is 4.34. The van der Waals surface area contributed by atoms with E-state index in [0.717, 1.165) is 13.0 Å². The molecule has 3 rings (SSSR count). The van der Waals surface area contributed by atoms with Crippen LogP contribution in [-0.4, -0.2) is 17.2 Å². The van der Waals surface area contributed by atoms with Crippen LogP contribution < -0.4 is 5.72 Å². The summed E-state index contributed by atoms with van der Waals surface area (Å²) in [5, 5.41) is 0. The molecule has 1 heterocycles. The van der Waals surface area contributed by atoms with Crippen molar-refractivity contribution in [1.29, 1.82) is 0 Å². The molecule has 0 atom stereocenters. The van der Waals surface area contributed by atoms with Gasteiger partial charge in [-0.2, -0.15) is 0 Å². The first kappa shape index (κ1) is 18.3. The van der Waals surface area contributed by atoms with Gasteiger partial charge in [-0.05, 0) is 23.0 Å². The van der Waals surface area contributed by atoms with Gasteiger partial charge in [-0.1, -0.05) is 99.9 Å². The molecule has 0 aliphatic carbocycles. The fourth-order valence-electron chi connectivity index (χ4n) is 3.24. The second-order valence-corrected chi connectivity index (χ2v) is 7.41. The van der Waals surface area contributed by atoms with E-state index in [4.69, 9.17) is 4.98 Å². The Morgan fingerprint density at radius 3 is 2.04 bits per heavy atom. The first-order valence-electron chi connectivity index (χ1n) is 9.44. The molecule has 0 spiro atoms. The van der Waals surface area contributed by atoms with Crippen molar-refractivity contribution in [1.82, 2.24) is 9.97 Å².